The first kappa shape index (κ1) is 11.3. The van der Waals surface area contributed by atoms with Crippen LogP contribution >= 0.6 is 0 Å². The van der Waals surface area contributed by atoms with Crippen LogP contribution in [0.3, 0.4) is 0 Å². The summed E-state index contributed by atoms with van der Waals surface area (Å²) in [6.07, 6.45) is 4.76. The fourth-order valence-electron chi connectivity index (χ4n) is 2.32. The number of hydrogen-bond acceptors (Lipinski definition) is 4. The zero-order chi connectivity index (χ0) is 11.5. The van der Waals surface area contributed by atoms with Crippen molar-refractivity contribution in [3.8, 4) is 0 Å². The number of nitrogens with one attached hydrogen (secondary N) is 1. The molecule has 1 aromatic rings. The summed E-state index contributed by atoms with van der Waals surface area (Å²) in [7, 11) is 0. The first-order valence-corrected chi connectivity index (χ1v) is 5.99. The van der Waals surface area contributed by atoms with Crippen LogP contribution in [0, 0.1) is 13.8 Å². The maximum Gasteiger partial charge on any atom is 0.130 e. The summed E-state index contributed by atoms with van der Waals surface area (Å²) in [6.45, 7) is 3.90. The summed E-state index contributed by atoms with van der Waals surface area (Å²) in [5.74, 6) is 1.72. The van der Waals surface area contributed by atoms with Crippen molar-refractivity contribution < 1.29 is 0 Å². The number of rotatable bonds is 2. The topological polar surface area (TPSA) is 63.8 Å². The van der Waals surface area contributed by atoms with Gasteiger partial charge in [-0.05, 0) is 26.7 Å². The van der Waals surface area contributed by atoms with Crippen molar-refractivity contribution in [1.82, 2.24) is 9.97 Å². The van der Waals surface area contributed by atoms with Crippen molar-refractivity contribution in [3.05, 3.63) is 17.6 Å². The third kappa shape index (κ3) is 2.70. The van der Waals surface area contributed by atoms with Gasteiger partial charge >= 0.3 is 0 Å². The minimum atomic E-state index is 0.254. The lowest BCUT2D eigenvalue weighted by molar-refractivity contribution is 0.403. The van der Waals surface area contributed by atoms with Crippen molar-refractivity contribution in [3.63, 3.8) is 0 Å². The van der Waals surface area contributed by atoms with Crippen LogP contribution < -0.4 is 11.1 Å². The molecule has 2 rings (SSSR count). The molecule has 4 heteroatoms. The molecule has 0 saturated heterocycles. The van der Waals surface area contributed by atoms with Crippen molar-refractivity contribution in [2.45, 2.75) is 51.6 Å². The van der Waals surface area contributed by atoms with E-state index in [4.69, 9.17) is 5.73 Å². The van der Waals surface area contributed by atoms with Gasteiger partial charge in [0.05, 0.1) is 0 Å². The molecule has 0 unspecified atom stereocenters. The van der Waals surface area contributed by atoms with Crippen LogP contribution in [0.5, 0.6) is 0 Å². The Balaban J connectivity index is 2.07. The van der Waals surface area contributed by atoms with Crippen LogP contribution in [-0.4, -0.2) is 22.1 Å². The van der Waals surface area contributed by atoms with Crippen molar-refractivity contribution in [1.29, 1.82) is 0 Å². The molecule has 1 aliphatic carbocycles. The van der Waals surface area contributed by atoms with Crippen molar-refractivity contribution >= 4 is 5.82 Å². The third-order valence-electron chi connectivity index (χ3n) is 3.12. The molecule has 88 valence electrons. The Kier molecular flexibility index (Phi) is 3.39. The highest BCUT2D eigenvalue weighted by atomic mass is 15.1. The normalized spacial score (nSPS) is 25.4. The molecule has 4 nitrogen and oxygen atoms in total. The molecular weight excluding hydrogens is 200 g/mol. The predicted octanol–water partition coefficient (Wildman–Crippen LogP) is 1.78. The van der Waals surface area contributed by atoms with Crippen LogP contribution in [0.4, 0.5) is 5.82 Å². The molecule has 1 aromatic heterocycles. The Bertz CT molecular complexity index is 344. The Morgan fingerprint density at radius 3 is 2.69 bits per heavy atom. The molecule has 0 bridgehead atoms. The zero-order valence-electron chi connectivity index (χ0n) is 10.0. The summed E-state index contributed by atoms with van der Waals surface area (Å²) >= 11 is 0. The highest BCUT2D eigenvalue weighted by Gasteiger charge is 2.21. The predicted molar refractivity (Wildman–Crippen MR) is 65.4 cm³/mol. The second kappa shape index (κ2) is 4.78. The van der Waals surface area contributed by atoms with E-state index >= 15 is 0 Å². The molecule has 1 fully saturated rings. The largest absolute Gasteiger partial charge is 0.366 e. The van der Waals surface area contributed by atoms with Gasteiger partial charge in [0.15, 0.2) is 0 Å². The summed E-state index contributed by atoms with van der Waals surface area (Å²) in [5, 5.41) is 3.44. The number of nitrogens with zero attached hydrogens (tertiary/aromatic N) is 2. The van der Waals surface area contributed by atoms with E-state index < -0.39 is 0 Å². The van der Waals surface area contributed by atoms with Gasteiger partial charge in [0, 0.05) is 23.8 Å². The average molecular weight is 220 g/mol. The quantitative estimate of drug-likeness (QED) is 0.797. The second-order valence-corrected chi connectivity index (χ2v) is 4.64. The van der Waals surface area contributed by atoms with Crippen LogP contribution in [0.2, 0.25) is 0 Å². The number of hydrogen-bond donors (Lipinski definition) is 2. The van der Waals surface area contributed by atoms with Gasteiger partial charge in [-0.15, -0.1) is 0 Å². The molecule has 3 N–H and O–H groups in total. The number of nitrogens with two attached hydrogens (primary N) is 1. The zero-order valence-corrected chi connectivity index (χ0v) is 10.0. The van der Waals surface area contributed by atoms with Gasteiger partial charge in [-0.25, -0.2) is 9.97 Å². The molecule has 0 spiro atoms. The van der Waals surface area contributed by atoms with Crippen molar-refractivity contribution in [2.24, 2.45) is 5.73 Å². The van der Waals surface area contributed by atoms with E-state index in [9.17, 15) is 0 Å². The highest BCUT2D eigenvalue weighted by Crippen LogP contribution is 2.20. The van der Waals surface area contributed by atoms with E-state index in [0.29, 0.717) is 6.04 Å². The van der Waals surface area contributed by atoms with Gasteiger partial charge in [0.1, 0.15) is 11.6 Å². The van der Waals surface area contributed by atoms with Gasteiger partial charge in [-0.1, -0.05) is 12.8 Å². The molecule has 1 aliphatic rings. The lowest BCUT2D eigenvalue weighted by Crippen LogP contribution is -2.42. The van der Waals surface area contributed by atoms with E-state index in [1.54, 1.807) is 0 Å². The summed E-state index contributed by atoms with van der Waals surface area (Å²) in [6, 6.07) is 2.60. The summed E-state index contributed by atoms with van der Waals surface area (Å²) in [4.78, 5) is 8.65. The first-order valence-electron chi connectivity index (χ1n) is 5.99. The van der Waals surface area contributed by atoms with Gasteiger partial charge < -0.3 is 11.1 Å². The SMILES string of the molecule is Cc1cc(N[C@@H]2CCCC[C@H]2N)nc(C)n1. The smallest absolute Gasteiger partial charge is 0.130 e. The van der Waals surface area contributed by atoms with Crippen LogP contribution in [0.1, 0.15) is 37.2 Å². The number of aromatic nitrogens is 2. The Morgan fingerprint density at radius 2 is 2.00 bits per heavy atom. The second-order valence-electron chi connectivity index (χ2n) is 4.64. The van der Waals surface area contributed by atoms with E-state index in [1.807, 2.05) is 19.9 Å². The van der Waals surface area contributed by atoms with Crippen molar-refractivity contribution in [2.75, 3.05) is 5.32 Å². The number of anilines is 1. The minimum Gasteiger partial charge on any atom is -0.366 e. The van der Waals surface area contributed by atoms with Gasteiger partial charge in [-0.2, -0.15) is 0 Å². The Morgan fingerprint density at radius 1 is 1.25 bits per heavy atom. The summed E-state index contributed by atoms with van der Waals surface area (Å²) < 4.78 is 0. The maximum absolute atomic E-state index is 6.10. The molecule has 0 amide bonds. The fraction of sp³-hybridized carbons (Fsp3) is 0.667. The van der Waals surface area contributed by atoms with Gasteiger partial charge in [0.2, 0.25) is 0 Å². The Hall–Kier alpha value is -1.16. The third-order valence-corrected chi connectivity index (χ3v) is 3.12. The molecule has 0 aliphatic heterocycles. The van der Waals surface area contributed by atoms with E-state index in [2.05, 4.69) is 15.3 Å². The minimum absolute atomic E-state index is 0.254. The lowest BCUT2D eigenvalue weighted by atomic mass is 9.91. The average Bonchev–Trinajstić information content (AvgIpc) is 2.20. The molecule has 1 heterocycles. The first-order chi connectivity index (χ1) is 7.65. The number of aryl methyl sites for hydroxylation is 2. The van der Waals surface area contributed by atoms with E-state index in [-0.39, 0.29) is 6.04 Å². The lowest BCUT2D eigenvalue weighted by Gasteiger charge is -2.29. The Labute approximate surface area is 96.7 Å². The molecule has 1 saturated carbocycles. The molecule has 0 radical (unpaired) electrons. The van der Waals surface area contributed by atoms with Crippen LogP contribution in [0.15, 0.2) is 6.07 Å². The molecule has 16 heavy (non-hydrogen) atoms. The molecule has 2 atom stereocenters. The monoisotopic (exact) mass is 220 g/mol. The fourth-order valence-corrected chi connectivity index (χ4v) is 2.32. The van der Waals surface area contributed by atoms with Gasteiger partial charge in [0.25, 0.3) is 0 Å². The van der Waals surface area contributed by atoms with Crippen LogP contribution in [-0.2, 0) is 0 Å². The van der Waals surface area contributed by atoms with Gasteiger partial charge in [-0.3, -0.25) is 0 Å². The maximum atomic E-state index is 6.10. The van der Waals surface area contributed by atoms with Crippen LogP contribution in [0.25, 0.3) is 0 Å². The molecule has 0 aromatic carbocycles. The summed E-state index contributed by atoms with van der Waals surface area (Å²) in [5.41, 5.74) is 7.10. The van der Waals surface area contributed by atoms with E-state index in [1.165, 1.54) is 12.8 Å². The molecular formula is C12H20N4. The van der Waals surface area contributed by atoms with E-state index in [0.717, 1.165) is 30.2 Å². The highest BCUT2D eigenvalue weighted by molar-refractivity contribution is 5.37. The standard InChI is InChI=1S/C12H20N4/c1-8-7-12(15-9(2)14-8)16-11-6-4-3-5-10(11)13/h7,10-11H,3-6,13H2,1-2H3,(H,14,15,16)/t10-,11-/m1/s1.